The van der Waals surface area contributed by atoms with Crippen LogP contribution in [0.15, 0.2) is 138 Å². The van der Waals surface area contributed by atoms with Gasteiger partial charge in [-0.15, -0.1) is 0 Å². The number of anilines is 2. The molecular weight excluding hydrogens is 558 g/mol. The maximum absolute atomic E-state index is 6.55. The van der Waals surface area contributed by atoms with Gasteiger partial charge in [0.2, 0.25) is 0 Å². The molecule has 0 fully saturated rings. The number of benzene rings is 4. The van der Waals surface area contributed by atoms with Crippen molar-refractivity contribution in [3.05, 3.63) is 156 Å². The first kappa shape index (κ1) is 29.9. The van der Waals surface area contributed by atoms with Crippen LogP contribution in [0, 0.1) is 6.92 Å². The Morgan fingerprint density at radius 3 is 2.48 bits per heavy atom. The van der Waals surface area contributed by atoms with Crippen molar-refractivity contribution in [1.82, 2.24) is 0 Å². The van der Waals surface area contributed by atoms with Crippen LogP contribution < -0.4 is 4.90 Å². The van der Waals surface area contributed by atoms with Crippen LogP contribution in [0.3, 0.4) is 0 Å². The van der Waals surface area contributed by atoms with Crippen LogP contribution in [-0.2, 0) is 10.8 Å². The van der Waals surface area contributed by atoms with E-state index in [0.717, 1.165) is 23.2 Å². The number of furan rings is 1. The first-order chi connectivity index (χ1) is 22.1. The molecule has 2 nitrogen and oxygen atoms in total. The monoisotopic (exact) mass is 601 g/mol. The predicted molar refractivity (Wildman–Crippen MR) is 197 cm³/mol. The van der Waals surface area contributed by atoms with Gasteiger partial charge in [-0.2, -0.15) is 0 Å². The molecule has 0 N–H and O–H groups in total. The SMILES string of the molecule is C=C(/C=C\C=C/C)C(C)(C)c1cc(N(c2ccc3c(c2)C(C)(C)c2ccc4c(oc5ccccc54)c2-3)C2C=CC=CC2)ccc1C. The largest absolute Gasteiger partial charge is 0.455 e. The fraction of sp³-hybridized carbons (Fsp3) is 0.227. The lowest BCUT2D eigenvalue weighted by Crippen LogP contribution is -2.31. The van der Waals surface area contributed by atoms with Crippen molar-refractivity contribution in [2.24, 2.45) is 0 Å². The predicted octanol–water partition coefficient (Wildman–Crippen LogP) is 12.2. The van der Waals surface area contributed by atoms with Crippen LogP contribution in [0.5, 0.6) is 0 Å². The third kappa shape index (κ3) is 4.70. The van der Waals surface area contributed by atoms with Gasteiger partial charge in [-0.05, 0) is 84.0 Å². The molecule has 0 saturated heterocycles. The number of nitrogens with zero attached hydrogens (tertiary/aromatic N) is 1. The molecular formula is C44H43NO. The molecule has 46 heavy (non-hydrogen) atoms. The molecule has 0 saturated carbocycles. The van der Waals surface area contributed by atoms with E-state index in [1.807, 2.05) is 19.1 Å². The summed E-state index contributed by atoms with van der Waals surface area (Å²) in [6.45, 7) is 18.0. The van der Waals surface area contributed by atoms with Crippen molar-refractivity contribution in [3.8, 4) is 11.1 Å². The third-order valence-electron chi connectivity index (χ3n) is 10.3. The zero-order valence-corrected chi connectivity index (χ0v) is 27.9. The summed E-state index contributed by atoms with van der Waals surface area (Å²) in [7, 11) is 0. The van der Waals surface area contributed by atoms with Crippen LogP contribution in [0.4, 0.5) is 11.4 Å². The molecule has 2 aliphatic rings. The number of hydrogen-bond acceptors (Lipinski definition) is 2. The highest BCUT2D eigenvalue weighted by molar-refractivity contribution is 6.11. The maximum atomic E-state index is 6.55. The summed E-state index contributed by atoms with van der Waals surface area (Å²) in [5.74, 6) is 0. The molecule has 0 spiro atoms. The molecule has 1 atom stereocenters. The quantitative estimate of drug-likeness (QED) is 0.173. The fourth-order valence-electron chi connectivity index (χ4n) is 7.53. The van der Waals surface area contributed by atoms with Gasteiger partial charge in [0.05, 0.1) is 6.04 Å². The molecule has 230 valence electrons. The number of aryl methyl sites for hydroxylation is 1. The Hall–Kier alpha value is -4.82. The van der Waals surface area contributed by atoms with Crippen molar-refractivity contribution in [1.29, 1.82) is 0 Å². The second kappa shape index (κ2) is 11.2. The van der Waals surface area contributed by atoms with Gasteiger partial charge in [-0.25, -0.2) is 0 Å². The smallest absolute Gasteiger partial charge is 0.143 e. The zero-order valence-electron chi connectivity index (χ0n) is 27.9. The first-order valence-corrected chi connectivity index (χ1v) is 16.4. The molecule has 5 aromatic rings. The Balaban J connectivity index is 1.37. The molecule has 2 heteroatoms. The molecule has 1 heterocycles. The Labute approximate surface area is 273 Å². The number of rotatable bonds is 7. The lowest BCUT2D eigenvalue weighted by atomic mass is 9.76. The van der Waals surface area contributed by atoms with Gasteiger partial charge < -0.3 is 9.32 Å². The van der Waals surface area contributed by atoms with E-state index in [2.05, 4.69) is 155 Å². The minimum Gasteiger partial charge on any atom is -0.455 e. The third-order valence-corrected chi connectivity index (χ3v) is 10.3. The summed E-state index contributed by atoms with van der Waals surface area (Å²) >= 11 is 0. The van der Waals surface area contributed by atoms with E-state index in [9.17, 15) is 0 Å². The van der Waals surface area contributed by atoms with Gasteiger partial charge in [0.1, 0.15) is 11.2 Å². The van der Waals surface area contributed by atoms with Crippen LogP contribution in [-0.4, -0.2) is 6.04 Å². The summed E-state index contributed by atoms with van der Waals surface area (Å²) in [6.07, 6.45) is 18.2. The molecule has 0 radical (unpaired) electrons. The van der Waals surface area contributed by atoms with Gasteiger partial charge >= 0.3 is 0 Å². The Morgan fingerprint density at radius 1 is 0.913 bits per heavy atom. The van der Waals surface area contributed by atoms with Gasteiger partial charge in [-0.3, -0.25) is 0 Å². The van der Waals surface area contributed by atoms with E-state index < -0.39 is 0 Å². The van der Waals surface area contributed by atoms with Crippen LogP contribution in [0.2, 0.25) is 0 Å². The molecule has 7 rings (SSSR count). The van der Waals surface area contributed by atoms with Crippen molar-refractivity contribution < 1.29 is 4.42 Å². The standard InChI is InChI=1S/C44H43NO/c1-8-9-11-16-30(3)43(4,5)38-27-32(22-21-29(38)2)45(31-17-12-10-13-18-31)33-23-24-36-39(28-33)44(6,7)37-26-25-35-34-19-14-15-20-40(34)46-42(35)41(36)37/h8-17,19-28,31H,3,18H2,1-2,4-7H3/b9-8-,16-11-. The Bertz CT molecular complexity index is 2130. The normalized spacial score (nSPS) is 17.0. The number of hydrogen-bond donors (Lipinski definition) is 0. The van der Waals surface area contributed by atoms with Crippen molar-refractivity contribution in [3.63, 3.8) is 0 Å². The highest BCUT2D eigenvalue weighted by Crippen LogP contribution is 2.54. The summed E-state index contributed by atoms with van der Waals surface area (Å²) < 4.78 is 6.55. The minimum absolute atomic E-state index is 0.167. The van der Waals surface area contributed by atoms with Gasteiger partial charge in [0.25, 0.3) is 0 Å². The number of para-hydroxylation sites is 1. The van der Waals surface area contributed by atoms with Crippen LogP contribution in [0.1, 0.15) is 63.3 Å². The maximum Gasteiger partial charge on any atom is 0.143 e. The summed E-state index contributed by atoms with van der Waals surface area (Å²) in [6, 6.07) is 27.1. The fourth-order valence-corrected chi connectivity index (χ4v) is 7.53. The Morgan fingerprint density at radius 2 is 1.70 bits per heavy atom. The Kier molecular flexibility index (Phi) is 7.28. The lowest BCUT2D eigenvalue weighted by Gasteiger charge is -2.36. The summed E-state index contributed by atoms with van der Waals surface area (Å²) in [5, 5.41) is 2.35. The molecule has 4 aromatic carbocycles. The van der Waals surface area contributed by atoms with Gasteiger partial charge in [0.15, 0.2) is 0 Å². The van der Waals surface area contributed by atoms with E-state index >= 15 is 0 Å². The molecule has 1 unspecified atom stereocenters. The number of allylic oxidation sites excluding steroid dienone is 7. The first-order valence-electron chi connectivity index (χ1n) is 16.4. The number of fused-ring (bicyclic) bond motifs is 7. The average Bonchev–Trinajstić information content (AvgIpc) is 3.54. The van der Waals surface area contributed by atoms with Crippen LogP contribution >= 0.6 is 0 Å². The second-order valence-electron chi connectivity index (χ2n) is 13.8. The van der Waals surface area contributed by atoms with Crippen molar-refractivity contribution >= 4 is 33.3 Å². The van der Waals surface area contributed by atoms with Crippen molar-refractivity contribution in [2.45, 2.75) is 64.8 Å². The van der Waals surface area contributed by atoms with E-state index in [1.165, 1.54) is 55.5 Å². The molecule has 1 aromatic heterocycles. The van der Waals surface area contributed by atoms with Gasteiger partial charge in [-0.1, -0.05) is 125 Å². The molecule has 0 aliphatic heterocycles. The zero-order chi connectivity index (χ0) is 32.2. The molecule has 0 bridgehead atoms. The molecule has 0 amide bonds. The summed E-state index contributed by atoms with van der Waals surface area (Å²) in [5.41, 5.74) is 12.7. The van der Waals surface area contributed by atoms with Gasteiger partial charge in [0, 0.05) is 38.5 Å². The average molecular weight is 602 g/mol. The summed E-state index contributed by atoms with van der Waals surface area (Å²) in [4.78, 5) is 2.52. The topological polar surface area (TPSA) is 16.4 Å². The highest BCUT2D eigenvalue weighted by Gasteiger charge is 2.38. The lowest BCUT2D eigenvalue weighted by molar-refractivity contribution is 0.636. The van der Waals surface area contributed by atoms with Crippen LogP contribution in [0.25, 0.3) is 33.1 Å². The van der Waals surface area contributed by atoms with E-state index in [4.69, 9.17) is 4.42 Å². The highest BCUT2D eigenvalue weighted by atomic mass is 16.3. The minimum atomic E-state index is -0.230. The van der Waals surface area contributed by atoms with Crippen molar-refractivity contribution in [2.75, 3.05) is 4.90 Å². The van der Waals surface area contributed by atoms with E-state index in [-0.39, 0.29) is 16.9 Å². The van der Waals surface area contributed by atoms with E-state index in [0.29, 0.717) is 0 Å². The van der Waals surface area contributed by atoms with E-state index in [1.54, 1.807) is 0 Å². The molecule has 2 aliphatic carbocycles. The second-order valence-corrected chi connectivity index (χ2v) is 13.8.